The number of aryl methyl sites for hydroxylation is 2. The van der Waals surface area contributed by atoms with E-state index in [4.69, 9.17) is 14.8 Å². The molecule has 0 saturated carbocycles. The lowest BCUT2D eigenvalue weighted by molar-refractivity contribution is 0.103. The summed E-state index contributed by atoms with van der Waals surface area (Å²) in [4.78, 5) is 20.2. The van der Waals surface area contributed by atoms with Crippen molar-refractivity contribution in [3.63, 3.8) is 0 Å². The van der Waals surface area contributed by atoms with Gasteiger partial charge in [0.05, 0.1) is 25.2 Å². The van der Waals surface area contributed by atoms with Gasteiger partial charge in [-0.2, -0.15) is 0 Å². The van der Waals surface area contributed by atoms with E-state index in [0.29, 0.717) is 13.2 Å². The number of aliphatic hydroxyl groups excluding tert-OH is 1. The molecular weight excluding hydrogens is 356 g/mol. The molecule has 2 heterocycles. The maximum absolute atomic E-state index is 13.2. The monoisotopic (exact) mass is 382 g/mol. The second kappa shape index (κ2) is 9.16. The standard InChI is InChI=1S/C18H26N2O3S2/c1-2-3-4-8-20-17(22)15-13-6-5-7-14(13)25-16(15)19-18(20)24-12-11-23-10-9-21/h21H,2-12H2,1H3. The number of hydrogen-bond donors (Lipinski definition) is 1. The Morgan fingerprint density at radius 1 is 1.32 bits per heavy atom. The molecule has 1 aliphatic rings. The van der Waals surface area contributed by atoms with Crippen LogP contribution in [0.2, 0.25) is 0 Å². The Kier molecular flexibility index (Phi) is 6.92. The second-order valence-corrected chi connectivity index (χ2v) is 8.43. The number of fused-ring (bicyclic) bond motifs is 3. The molecule has 0 atom stereocenters. The summed E-state index contributed by atoms with van der Waals surface area (Å²) in [5.74, 6) is 0.733. The van der Waals surface area contributed by atoms with Gasteiger partial charge in [-0.15, -0.1) is 11.3 Å². The number of aliphatic hydroxyl groups is 1. The quantitative estimate of drug-likeness (QED) is 0.388. The van der Waals surface area contributed by atoms with Crippen LogP contribution in [0.3, 0.4) is 0 Å². The van der Waals surface area contributed by atoms with Gasteiger partial charge in [0.2, 0.25) is 0 Å². The normalized spacial score (nSPS) is 13.7. The van der Waals surface area contributed by atoms with Gasteiger partial charge in [0, 0.05) is 17.2 Å². The summed E-state index contributed by atoms with van der Waals surface area (Å²) < 4.78 is 7.20. The van der Waals surface area contributed by atoms with Gasteiger partial charge >= 0.3 is 0 Å². The van der Waals surface area contributed by atoms with Crippen LogP contribution in [-0.2, 0) is 24.1 Å². The Balaban J connectivity index is 1.87. The zero-order chi connectivity index (χ0) is 17.6. The minimum absolute atomic E-state index is 0.0390. The van der Waals surface area contributed by atoms with Crippen LogP contribution in [0, 0.1) is 0 Å². The van der Waals surface area contributed by atoms with Crippen molar-refractivity contribution in [1.29, 1.82) is 0 Å². The summed E-state index contributed by atoms with van der Waals surface area (Å²) in [7, 11) is 0. The molecule has 25 heavy (non-hydrogen) atoms. The predicted molar refractivity (Wildman–Crippen MR) is 104 cm³/mol. The van der Waals surface area contributed by atoms with Crippen molar-refractivity contribution < 1.29 is 9.84 Å². The minimum Gasteiger partial charge on any atom is -0.394 e. The van der Waals surface area contributed by atoms with E-state index in [1.54, 1.807) is 23.1 Å². The molecule has 0 saturated heterocycles. The first-order valence-electron chi connectivity index (χ1n) is 9.12. The maximum atomic E-state index is 13.2. The van der Waals surface area contributed by atoms with E-state index in [0.717, 1.165) is 66.2 Å². The maximum Gasteiger partial charge on any atom is 0.263 e. The van der Waals surface area contributed by atoms with Crippen LogP contribution in [0.25, 0.3) is 10.2 Å². The third kappa shape index (κ3) is 4.27. The van der Waals surface area contributed by atoms with Crippen LogP contribution >= 0.6 is 23.1 Å². The zero-order valence-electron chi connectivity index (χ0n) is 14.8. The highest BCUT2D eigenvalue weighted by atomic mass is 32.2. The molecule has 0 amide bonds. The SMILES string of the molecule is CCCCCn1c(SCCOCCO)nc2sc3c(c2c1=O)CCC3. The van der Waals surface area contributed by atoms with E-state index in [-0.39, 0.29) is 12.2 Å². The van der Waals surface area contributed by atoms with Crippen LogP contribution in [0.5, 0.6) is 0 Å². The predicted octanol–water partition coefficient (Wildman–Crippen LogP) is 3.24. The summed E-state index contributed by atoms with van der Waals surface area (Å²) in [6, 6.07) is 0. The molecule has 0 aromatic carbocycles. The average molecular weight is 383 g/mol. The van der Waals surface area contributed by atoms with Crippen LogP contribution in [0.1, 0.15) is 43.0 Å². The van der Waals surface area contributed by atoms with E-state index in [2.05, 4.69) is 6.92 Å². The highest BCUT2D eigenvalue weighted by molar-refractivity contribution is 7.99. The van der Waals surface area contributed by atoms with Crippen molar-refractivity contribution >= 4 is 33.3 Å². The highest BCUT2D eigenvalue weighted by Crippen LogP contribution is 2.35. The van der Waals surface area contributed by atoms with E-state index >= 15 is 0 Å². The number of nitrogens with zero attached hydrogens (tertiary/aromatic N) is 2. The molecule has 0 spiro atoms. The first-order valence-corrected chi connectivity index (χ1v) is 10.9. The van der Waals surface area contributed by atoms with Gasteiger partial charge in [-0.1, -0.05) is 31.5 Å². The molecule has 3 rings (SSSR count). The molecule has 0 aliphatic heterocycles. The van der Waals surface area contributed by atoms with Crippen LogP contribution in [-0.4, -0.2) is 40.2 Å². The molecule has 0 unspecified atom stereocenters. The molecule has 7 heteroatoms. The Morgan fingerprint density at radius 2 is 2.20 bits per heavy atom. The molecule has 0 fully saturated rings. The van der Waals surface area contributed by atoms with Gasteiger partial charge in [0.15, 0.2) is 5.16 Å². The molecular formula is C18H26N2O3S2. The van der Waals surface area contributed by atoms with Crippen molar-refractivity contribution in [2.24, 2.45) is 0 Å². The molecule has 138 valence electrons. The average Bonchev–Trinajstić information content (AvgIpc) is 3.17. The number of hydrogen-bond acceptors (Lipinski definition) is 6. The number of rotatable bonds is 10. The molecule has 5 nitrogen and oxygen atoms in total. The molecule has 0 bridgehead atoms. The summed E-state index contributed by atoms with van der Waals surface area (Å²) in [6.07, 6.45) is 6.52. The van der Waals surface area contributed by atoms with Crippen molar-refractivity contribution in [1.82, 2.24) is 9.55 Å². The van der Waals surface area contributed by atoms with Crippen molar-refractivity contribution in [3.05, 3.63) is 20.8 Å². The summed E-state index contributed by atoms with van der Waals surface area (Å²) in [5.41, 5.74) is 1.39. The third-order valence-electron chi connectivity index (χ3n) is 4.47. The van der Waals surface area contributed by atoms with Gasteiger partial charge in [0.25, 0.3) is 5.56 Å². The summed E-state index contributed by atoms with van der Waals surface area (Å²) >= 11 is 3.27. The lowest BCUT2D eigenvalue weighted by atomic mass is 10.2. The van der Waals surface area contributed by atoms with E-state index in [1.165, 1.54) is 10.4 Å². The van der Waals surface area contributed by atoms with Gasteiger partial charge in [0.1, 0.15) is 4.83 Å². The van der Waals surface area contributed by atoms with Gasteiger partial charge in [-0.25, -0.2) is 4.98 Å². The zero-order valence-corrected chi connectivity index (χ0v) is 16.4. The van der Waals surface area contributed by atoms with Gasteiger partial charge < -0.3 is 9.84 Å². The van der Waals surface area contributed by atoms with Crippen LogP contribution in [0.4, 0.5) is 0 Å². The Hall–Kier alpha value is -0.890. The second-order valence-electron chi connectivity index (χ2n) is 6.28. The lowest BCUT2D eigenvalue weighted by Crippen LogP contribution is -2.24. The number of unbranched alkanes of at least 4 members (excludes halogenated alkanes) is 2. The largest absolute Gasteiger partial charge is 0.394 e. The Bertz CT molecular complexity index is 770. The Labute approximate surface area is 156 Å². The third-order valence-corrected chi connectivity index (χ3v) is 6.60. The summed E-state index contributed by atoms with van der Waals surface area (Å²) in [5, 5.41) is 10.4. The van der Waals surface area contributed by atoms with Gasteiger partial charge in [-0.05, 0) is 31.2 Å². The fraction of sp³-hybridized carbons (Fsp3) is 0.667. The highest BCUT2D eigenvalue weighted by Gasteiger charge is 2.23. The first-order chi connectivity index (χ1) is 12.3. The van der Waals surface area contributed by atoms with Gasteiger partial charge in [-0.3, -0.25) is 9.36 Å². The first kappa shape index (κ1) is 18.9. The van der Waals surface area contributed by atoms with Crippen LogP contribution in [0.15, 0.2) is 9.95 Å². The van der Waals surface area contributed by atoms with Crippen molar-refractivity contribution in [2.75, 3.05) is 25.6 Å². The molecule has 2 aromatic rings. The molecule has 1 aliphatic carbocycles. The number of aromatic nitrogens is 2. The lowest BCUT2D eigenvalue weighted by Gasteiger charge is -2.12. The van der Waals surface area contributed by atoms with E-state index in [1.807, 2.05) is 4.57 Å². The van der Waals surface area contributed by atoms with Crippen LogP contribution < -0.4 is 5.56 Å². The molecule has 2 aromatic heterocycles. The topological polar surface area (TPSA) is 64.3 Å². The van der Waals surface area contributed by atoms with Crippen molar-refractivity contribution in [3.8, 4) is 0 Å². The van der Waals surface area contributed by atoms with E-state index in [9.17, 15) is 4.79 Å². The number of ether oxygens (including phenoxy) is 1. The minimum atomic E-state index is 0.0390. The fourth-order valence-corrected chi connectivity index (χ4v) is 5.42. The van der Waals surface area contributed by atoms with Crippen molar-refractivity contribution in [2.45, 2.75) is 57.1 Å². The number of thiophene rings is 1. The fourth-order valence-electron chi connectivity index (χ4n) is 3.24. The smallest absolute Gasteiger partial charge is 0.263 e. The molecule has 1 N–H and O–H groups in total. The summed E-state index contributed by atoms with van der Waals surface area (Å²) in [6.45, 7) is 3.85. The Morgan fingerprint density at radius 3 is 3.00 bits per heavy atom. The van der Waals surface area contributed by atoms with E-state index < -0.39 is 0 Å². The number of thioether (sulfide) groups is 1. The molecule has 0 radical (unpaired) electrons.